The summed E-state index contributed by atoms with van der Waals surface area (Å²) in [6.07, 6.45) is 3.55. The number of rotatable bonds is 4. The first-order valence-corrected chi connectivity index (χ1v) is 8.47. The zero-order valence-electron chi connectivity index (χ0n) is 13.4. The third-order valence-electron chi connectivity index (χ3n) is 5.03. The van der Waals surface area contributed by atoms with Crippen LogP contribution in [0.1, 0.15) is 47.2 Å². The molecular weight excluding hydrogens is 306 g/mol. The number of aromatic carboxylic acids is 1. The number of nitrogens with zero attached hydrogens (tertiary/aromatic N) is 1. The van der Waals surface area contributed by atoms with Crippen LogP contribution in [0.5, 0.6) is 0 Å². The number of carboxylic acids is 1. The summed E-state index contributed by atoms with van der Waals surface area (Å²) in [5, 5.41) is 8.99. The number of carbonyl (C=O) groups is 1. The summed E-state index contributed by atoms with van der Waals surface area (Å²) >= 11 is 0. The van der Waals surface area contributed by atoms with Crippen molar-refractivity contribution in [2.45, 2.75) is 44.1 Å². The summed E-state index contributed by atoms with van der Waals surface area (Å²) in [6.45, 7) is 1.63. The average Bonchev–Trinajstić information content (AvgIpc) is 3.23. The highest BCUT2D eigenvalue weighted by Crippen LogP contribution is 2.40. The minimum atomic E-state index is -1.02. The number of ether oxygens (including phenoxy) is 1. The highest BCUT2D eigenvalue weighted by Gasteiger charge is 2.41. The monoisotopic (exact) mass is 327 g/mol. The Kier molecular flexibility index (Phi) is 4.12. The fourth-order valence-electron chi connectivity index (χ4n) is 3.89. The molecule has 3 heterocycles. The van der Waals surface area contributed by atoms with E-state index in [0.29, 0.717) is 18.3 Å². The molecule has 0 amide bonds. The summed E-state index contributed by atoms with van der Waals surface area (Å²) < 4.78 is 11.7. The van der Waals surface area contributed by atoms with Crippen LogP contribution < -0.4 is 0 Å². The predicted octanol–water partition coefficient (Wildman–Crippen LogP) is 3.47. The zero-order chi connectivity index (χ0) is 16.5. The number of likely N-dealkylation sites (tertiary alicyclic amines) is 1. The van der Waals surface area contributed by atoms with E-state index in [4.69, 9.17) is 14.3 Å². The largest absolute Gasteiger partial charge is 0.475 e. The summed E-state index contributed by atoms with van der Waals surface area (Å²) in [6, 6.07) is 14.0. The lowest BCUT2D eigenvalue weighted by molar-refractivity contribution is -0.00724. The summed E-state index contributed by atoms with van der Waals surface area (Å²) in [5.41, 5.74) is 1.23. The lowest BCUT2D eigenvalue weighted by Gasteiger charge is -2.35. The van der Waals surface area contributed by atoms with Gasteiger partial charge in [-0.05, 0) is 43.5 Å². The van der Waals surface area contributed by atoms with E-state index in [2.05, 4.69) is 29.2 Å². The second-order valence-corrected chi connectivity index (χ2v) is 6.56. The molecule has 2 aliphatic heterocycles. The van der Waals surface area contributed by atoms with Gasteiger partial charge in [0, 0.05) is 6.04 Å². The average molecular weight is 327 g/mol. The maximum atomic E-state index is 11.0. The number of furan rings is 1. The standard InChI is InChI=1S/C19H21NO4/c21-19(22)17-9-8-14(23-17)12-20-10-4-7-16-15(20)11-18(24-16)13-5-2-1-3-6-13/h1-3,5-6,8-9,15-16,18H,4,7,10-12H2,(H,21,22)/t15-,16-,18-/m0/s1. The molecular formula is C19H21NO4. The second-order valence-electron chi connectivity index (χ2n) is 6.56. The van der Waals surface area contributed by atoms with E-state index in [9.17, 15) is 4.79 Å². The molecule has 0 aliphatic carbocycles. The van der Waals surface area contributed by atoms with E-state index < -0.39 is 5.97 Å². The number of piperidine rings is 1. The molecule has 5 heteroatoms. The van der Waals surface area contributed by atoms with Gasteiger partial charge in [-0.15, -0.1) is 0 Å². The Morgan fingerprint density at radius 2 is 2.04 bits per heavy atom. The first-order valence-electron chi connectivity index (χ1n) is 8.47. The molecule has 2 saturated heterocycles. The van der Waals surface area contributed by atoms with Gasteiger partial charge in [0.05, 0.1) is 18.8 Å². The first kappa shape index (κ1) is 15.4. The van der Waals surface area contributed by atoms with Gasteiger partial charge < -0.3 is 14.3 Å². The Morgan fingerprint density at radius 1 is 1.21 bits per heavy atom. The van der Waals surface area contributed by atoms with Crippen LogP contribution in [0.2, 0.25) is 0 Å². The minimum Gasteiger partial charge on any atom is -0.475 e. The van der Waals surface area contributed by atoms with E-state index in [1.54, 1.807) is 6.07 Å². The Labute approximate surface area is 140 Å². The molecule has 24 heavy (non-hydrogen) atoms. The highest BCUT2D eigenvalue weighted by molar-refractivity contribution is 5.84. The Hall–Kier alpha value is -2.11. The Bertz CT molecular complexity index is 711. The van der Waals surface area contributed by atoms with Crippen LogP contribution in [0, 0.1) is 0 Å². The quantitative estimate of drug-likeness (QED) is 0.931. The summed E-state index contributed by atoms with van der Waals surface area (Å²) in [4.78, 5) is 13.3. The Morgan fingerprint density at radius 3 is 2.79 bits per heavy atom. The Balaban J connectivity index is 1.47. The van der Waals surface area contributed by atoms with Gasteiger partial charge in [0.15, 0.2) is 0 Å². The van der Waals surface area contributed by atoms with Gasteiger partial charge in [0.25, 0.3) is 0 Å². The van der Waals surface area contributed by atoms with E-state index in [-0.39, 0.29) is 18.0 Å². The third-order valence-corrected chi connectivity index (χ3v) is 5.03. The fourth-order valence-corrected chi connectivity index (χ4v) is 3.89. The molecule has 0 unspecified atom stereocenters. The molecule has 0 spiro atoms. The van der Waals surface area contributed by atoms with Gasteiger partial charge in [-0.1, -0.05) is 30.3 Å². The molecule has 1 N–H and O–H groups in total. The molecule has 2 aromatic rings. The summed E-state index contributed by atoms with van der Waals surface area (Å²) in [5.74, 6) is -0.314. The van der Waals surface area contributed by atoms with Crippen LogP contribution in [0.4, 0.5) is 0 Å². The van der Waals surface area contributed by atoms with E-state index in [1.165, 1.54) is 11.6 Å². The van der Waals surface area contributed by atoms with Crippen molar-refractivity contribution in [3.63, 3.8) is 0 Å². The van der Waals surface area contributed by atoms with E-state index >= 15 is 0 Å². The van der Waals surface area contributed by atoms with Crippen molar-refractivity contribution in [1.82, 2.24) is 4.90 Å². The molecule has 0 saturated carbocycles. The van der Waals surface area contributed by atoms with Gasteiger partial charge in [0.1, 0.15) is 5.76 Å². The molecule has 2 aliphatic rings. The second kappa shape index (κ2) is 6.42. The SMILES string of the molecule is O=C(O)c1ccc(CN2CCC[C@@H]3O[C@H](c4ccccc4)C[C@@H]32)o1. The van der Waals surface area contributed by atoms with Crippen molar-refractivity contribution < 1.29 is 19.1 Å². The van der Waals surface area contributed by atoms with Crippen molar-refractivity contribution >= 4 is 5.97 Å². The number of hydrogen-bond donors (Lipinski definition) is 1. The van der Waals surface area contributed by atoms with Gasteiger partial charge in [-0.3, -0.25) is 4.90 Å². The lowest BCUT2D eigenvalue weighted by atomic mass is 9.95. The maximum Gasteiger partial charge on any atom is 0.371 e. The van der Waals surface area contributed by atoms with E-state index in [0.717, 1.165) is 25.8 Å². The minimum absolute atomic E-state index is 0.00314. The van der Waals surface area contributed by atoms with Crippen molar-refractivity contribution in [1.29, 1.82) is 0 Å². The molecule has 0 bridgehead atoms. The number of hydrogen-bond acceptors (Lipinski definition) is 4. The van der Waals surface area contributed by atoms with Crippen LogP contribution in [0.15, 0.2) is 46.9 Å². The van der Waals surface area contributed by atoms with Crippen LogP contribution in [0.3, 0.4) is 0 Å². The molecule has 1 aromatic carbocycles. The highest BCUT2D eigenvalue weighted by atomic mass is 16.5. The molecule has 2 fully saturated rings. The van der Waals surface area contributed by atoms with Crippen LogP contribution >= 0.6 is 0 Å². The van der Waals surface area contributed by atoms with Crippen molar-refractivity contribution in [3.05, 3.63) is 59.5 Å². The topological polar surface area (TPSA) is 62.9 Å². The molecule has 1 aromatic heterocycles. The van der Waals surface area contributed by atoms with E-state index in [1.807, 2.05) is 6.07 Å². The smallest absolute Gasteiger partial charge is 0.371 e. The van der Waals surface area contributed by atoms with Gasteiger partial charge in [0.2, 0.25) is 5.76 Å². The molecule has 0 radical (unpaired) electrons. The normalized spacial score (nSPS) is 27.1. The van der Waals surface area contributed by atoms with Crippen LogP contribution in [0.25, 0.3) is 0 Å². The maximum absolute atomic E-state index is 11.0. The molecule has 3 atom stereocenters. The zero-order valence-corrected chi connectivity index (χ0v) is 13.4. The van der Waals surface area contributed by atoms with Crippen molar-refractivity contribution in [2.24, 2.45) is 0 Å². The predicted molar refractivity (Wildman–Crippen MR) is 87.8 cm³/mol. The van der Waals surface area contributed by atoms with Crippen molar-refractivity contribution in [2.75, 3.05) is 6.54 Å². The van der Waals surface area contributed by atoms with Gasteiger partial charge >= 0.3 is 5.97 Å². The first-order chi connectivity index (χ1) is 11.7. The number of fused-ring (bicyclic) bond motifs is 1. The number of benzene rings is 1. The third kappa shape index (κ3) is 2.97. The number of carboxylic acid groups (broad SMARTS) is 1. The molecule has 4 rings (SSSR count). The van der Waals surface area contributed by atoms with Crippen LogP contribution in [-0.2, 0) is 11.3 Å². The van der Waals surface area contributed by atoms with Crippen LogP contribution in [-0.4, -0.2) is 34.7 Å². The lowest BCUT2D eigenvalue weighted by Crippen LogP contribution is -2.44. The van der Waals surface area contributed by atoms with Gasteiger partial charge in [-0.2, -0.15) is 0 Å². The molecule has 126 valence electrons. The fraction of sp³-hybridized carbons (Fsp3) is 0.421. The molecule has 5 nitrogen and oxygen atoms in total. The van der Waals surface area contributed by atoms with Crippen molar-refractivity contribution in [3.8, 4) is 0 Å². The van der Waals surface area contributed by atoms with Gasteiger partial charge in [-0.25, -0.2) is 4.79 Å². The summed E-state index contributed by atoms with van der Waals surface area (Å²) in [7, 11) is 0.